The smallest absolute Gasteiger partial charge is 0.139 e. The van der Waals surface area contributed by atoms with Gasteiger partial charge in [0.15, 0.2) is 0 Å². The van der Waals surface area contributed by atoms with Crippen molar-refractivity contribution in [1.82, 2.24) is 9.38 Å². The molecule has 3 rings (SSSR count). The molecular formula is C15H15N3O. The Morgan fingerprint density at radius 2 is 2.00 bits per heavy atom. The van der Waals surface area contributed by atoms with Gasteiger partial charge in [-0.1, -0.05) is 24.3 Å². The molecule has 0 unspecified atom stereocenters. The number of aliphatic hydroxyl groups is 1. The van der Waals surface area contributed by atoms with E-state index < -0.39 is 0 Å². The second-order valence-corrected chi connectivity index (χ2v) is 4.41. The number of nitrogens with one attached hydrogen (secondary N) is 1. The van der Waals surface area contributed by atoms with E-state index in [-0.39, 0.29) is 6.61 Å². The molecule has 2 heterocycles. The van der Waals surface area contributed by atoms with Crippen LogP contribution in [0, 0.1) is 0 Å². The van der Waals surface area contributed by atoms with Crippen LogP contribution >= 0.6 is 0 Å². The monoisotopic (exact) mass is 253 g/mol. The lowest BCUT2D eigenvalue weighted by molar-refractivity contribution is 0.282. The minimum absolute atomic E-state index is 0.0664. The lowest BCUT2D eigenvalue weighted by atomic mass is 10.1. The Bertz CT molecular complexity index is 701. The van der Waals surface area contributed by atoms with Crippen LogP contribution < -0.4 is 5.32 Å². The van der Waals surface area contributed by atoms with Crippen molar-refractivity contribution < 1.29 is 5.11 Å². The second kappa shape index (κ2) is 4.74. The molecule has 0 radical (unpaired) electrons. The maximum Gasteiger partial charge on any atom is 0.139 e. The van der Waals surface area contributed by atoms with E-state index in [2.05, 4.69) is 10.3 Å². The summed E-state index contributed by atoms with van der Waals surface area (Å²) in [5.74, 6) is 0. The van der Waals surface area contributed by atoms with Crippen molar-refractivity contribution >= 4 is 11.3 Å². The number of nitrogens with zero attached hydrogens (tertiary/aromatic N) is 2. The first kappa shape index (κ1) is 11.7. The van der Waals surface area contributed by atoms with Gasteiger partial charge in [0.05, 0.1) is 12.3 Å². The predicted molar refractivity (Wildman–Crippen MR) is 76.1 cm³/mol. The number of aromatic nitrogens is 2. The average Bonchev–Trinajstić information content (AvgIpc) is 2.90. The molecule has 4 heteroatoms. The van der Waals surface area contributed by atoms with Gasteiger partial charge in [-0.15, -0.1) is 0 Å². The van der Waals surface area contributed by atoms with E-state index in [1.807, 2.05) is 60.2 Å². The van der Waals surface area contributed by atoms with Crippen LogP contribution in [0.5, 0.6) is 0 Å². The number of hydrogen-bond acceptors (Lipinski definition) is 3. The van der Waals surface area contributed by atoms with Gasteiger partial charge in [-0.3, -0.25) is 0 Å². The molecule has 0 saturated heterocycles. The zero-order valence-corrected chi connectivity index (χ0v) is 10.7. The first-order valence-electron chi connectivity index (χ1n) is 6.17. The molecule has 4 nitrogen and oxygen atoms in total. The van der Waals surface area contributed by atoms with Crippen LogP contribution in [-0.4, -0.2) is 21.5 Å². The summed E-state index contributed by atoms with van der Waals surface area (Å²) in [7, 11) is 1.89. The predicted octanol–water partition coefficient (Wildman–Crippen LogP) is 2.54. The van der Waals surface area contributed by atoms with Crippen molar-refractivity contribution in [3.05, 3.63) is 54.4 Å². The molecule has 2 N–H and O–H groups in total. The van der Waals surface area contributed by atoms with Gasteiger partial charge >= 0.3 is 0 Å². The third-order valence-electron chi connectivity index (χ3n) is 3.18. The molecule has 3 aromatic rings. The average molecular weight is 253 g/mol. The maximum atomic E-state index is 9.04. The van der Waals surface area contributed by atoms with Gasteiger partial charge < -0.3 is 14.8 Å². The maximum absolute atomic E-state index is 9.04. The minimum atomic E-state index is 0.0664. The number of benzene rings is 1. The zero-order chi connectivity index (χ0) is 13.2. The normalized spacial score (nSPS) is 10.8. The molecule has 0 aliphatic rings. The number of fused-ring (bicyclic) bond motifs is 1. The molecule has 0 saturated carbocycles. The van der Waals surface area contributed by atoms with Gasteiger partial charge in [0.25, 0.3) is 0 Å². The standard InChI is InChI=1S/C15H15N3O/c1-16-13-6-7-18-9-14(17-15(18)8-13)12-4-2-11(10-19)3-5-12/h2-9,16,19H,10H2,1H3. The summed E-state index contributed by atoms with van der Waals surface area (Å²) in [5.41, 5.74) is 4.84. The largest absolute Gasteiger partial charge is 0.392 e. The fraction of sp³-hybridized carbons (Fsp3) is 0.133. The third-order valence-corrected chi connectivity index (χ3v) is 3.18. The molecule has 0 aliphatic carbocycles. The Hall–Kier alpha value is -2.33. The topological polar surface area (TPSA) is 49.6 Å². The molecule has 0 fully saturated rings. The van der Waals surface area contributed by atoms with Gasteiger partial charge in [0.1, 0.15) is 5.65 Å². The number of aliphatic hydroxyl groups excluding tert-OH is 1. The van der Waals surface area contributed by atoms with E-state index in [1.54, 1.807) is 0 Å². The highest BCUT2D eigenvalue weighted by atomic mass is 16.3. The summed E-state index contributed by atoms with van der Waals surface area (Å²) in [6.45, 7) is 0.0664. The SMILES string of the molecule is CNc1ccn2cc(-c3ccc(CO)cc3)nc2c1. The Labute approximate surface area is 111 Å². The van der Waals surface area contributed by atoms with Crippen molar-refractivity contribution in [3.63, 3.8) is 0 Å². The molecule has 0 bridgehead atoms. The molecule has 0 aliphatic heterocycles. The summed E-state index contributed by atoms with van der Waals surface area (Å²) in [6, 6.07) is 11.8. The second-order valence-electron chi connectivity index (χ2n) is 4.41. The summed E-state index contributed by atoms with van der Waals surface area (Å²) in [5, 5.41) is 12.1. The van der Waals surface area contributed by atoms with Crippen molar-refractivity contribution in [2.24, 2.45) is 0 Å². The fourth-order valence-electron chi connectivity index (χ4n) is 2.06. The number of rotatable bonds is 3. The van der Waals surface area contributed by atoms with Crippen molar-refractivity contribution in [3.8, 4) is 11.3 Å². The van der Waals surface area contributed by atoms with Gasteiger partial charge in [0.2, 0.25) is 0 Å². The van der Waals surface area contributed by atoms with Crippen LogP contribution in [0.15, 0.2) is 48.8 Å². The minimum Gasteiger partial charge on any atom is -0.392 e. The Morgan fingerprint density at radius 1 is 1.21 bits per heavy atom. The number of hydrogen-bond donors (Lipinski definition) is 2. The van der Waals surface area contributed by atoms with Crippen molar-refractivity contribution in [2.45, 2.75) is 6.61 Å². The van der Waals surface area contributed by atoms with Crippen LogP contribution in [0.25, 0.3) is 16.9 Å². The first-order chi connectivity index (χ1) is 9.30. The molecule has 0 amide bonds. The van der Waals surface area contributed by atoms with E-state index in [9.17, 15) is 0 Å². The summed E-state index contributed by atoms with van der Waals surface area (Å²) < 4.78 is 2.00. The van der Waals surface area contributed by atoms with Gasteiger partial charge in [-0.25, -0.2) is 4.98 Å². The number of pyridine rings is 1. The molecule has 0 atom stereocenters. The Balaban J connectivity index is 2.04. The molecule has 1 aromatic carbocycles. The fourth-order valence-corrected chi connectivity index (χ4v) is 2.06. The highest BCUT2D eigenvalue weighted by molar-refractivity contribution is 5.65. The van der Waals surface area contributed by atoms with Gasteiger partial charge in [-0.2, -0.15) is 0 Å². The van der Waals surface area contributed by atoms with Crippen molar-refractivity contribution in [1.29, 1.82) is 0 Å². The summed E-state index contributed by atoms with van der Waals surface area (Å²) in [4.78, 5) is 4.61. The highest BCUT2D eigenvalue weighted by Crippen LogP contribution is 2.21. The van der Waals surface area contributed by atoms with Crippen LogP contribution in [0.3, 0.4) is 0 Å². The third kappa shape index (κ3) is 2.18. The summed E-state index contributed by atoms with van der Waals surface area (Å²) >= 11 is 0. The Kier molecular flexibility index (Phi) is 2.93. The van der Waals surface area contributed by atoms with Gasteiger partial charge in [-0.05, 0) is 11.6 Å². The van der Waals surface area contributed by atoms with Crippen LogP contribution in [0.2, 0.25) is 0 Å². The van der Waals surface area contributed by atoms with Gasteiger partial charge in [0, 0.05) is 36.8 Å². The van der Waals surface area contributed by atoms with Crippen LogP contribution in [0.1, 0.15) is 5.56 Å². The lowest BCUT2D eigenvalue weighted by Gasteiger charge is -1.98. The first-order valence-corrected chi connectivity index (χ1v) is 6.17. The van der Waals surface area contributed by atoms with E-state index in [1.165, 1.54) is 0 Å². The molecule has 0 spiro atoms. The number of imidazole rings is 1. The van der Waals surface area contributed by atoms with E-state index in [0.29, 0.717) is 0 Å². The van der Waals surface area contributed by atoms with E-state index in [0.717, 1.165) is 28.2 Å². The Morgan fingerprint density at radius 3 is 2.68 bits per heavy atom. The zero-order valence-electron chi connectivity index (χ0n) is 10.7. The molecule has 96 valence electrons. The van der Waals surface area contributed by atoms with Crippen molar-refractivity contribution in [2.75, 3.05) is 12.4 Å². The molecule has 2 aromatic heterocycles. The van der Waals surface area contributed by atoms with Crippen LogP contribution in [0.4, 0.5) is 5.69 Å². The van der Waals surface area contributed by atoms with E-state index in [4.69, 9.17) is 5.11 Å². The summed E-state index contributed by atoms with van der Waals surface area (Å²) in [6.07, 6.45) is 3.99. The van der Waals surface area contributed by atoms with Crippen LogP contribution in [-0.2, 0) is 6.61 Å². The molecular weight excluding hydrogens is 238 g/mol. The van der Waals surface area contributed by atoms with E-state index >= 15 is 0 Å². The lowest BCUT2D eigenvalue weighted by Crippen LogP contribution is -1.89. The highest BCUT2D eigenvalue weighted by Gasteiger charge is 2.04. The quantitative estimate of drug-likeness (QED) is 0.754. The molecule has 19 heavy (non-hydrogen) atoms. The number of anilines is 1.